The van der Waals surface area contributed by atoms with Crippen molar-refractivity contribution in [3.63, 3.8) is 0 Å². The predicted octanol–water partition coefficient (Wildman–Crippen LogP) is 3.85. The smallest absolute Gasteiger partial charge is 0.161 e. The summed E-state index contributed by atoms with van der Waals surface area (Å²) in [5.41, 5.74) is 1.23. The molecule has 0 bridgehead atoms. The van der Waals surface area contributed by atoms with E-state index in [1.807, 2.05) is 36.4 Å². The Morgan fingerprint density at radius 1 is 1.04 bits per heavy atom. The highest BCUT2D eigenvalue weighted by Gasteiger charge is 2.27. The Morgan fingerprint density at radius 3 is 2.67 bits per heavy atom. The van der Waals surface area contributed by atoms with E-state index in [2.05, 4.69) is 4.90 Å². The minimum absolute atomic E-state index is 0.0619. The van der Waals surface area contributed by atoms with Gasteiger partial charge >= 0.3 is 0 Å². The zero-order valence-electron chi connectivity index (χ0n) is 13.7. The van der Waals surface area contributed by atoms with Crippen molar-refractivity contribution in [2.45, 2.75) is 24.9 Å². The molecule has 126 valence electrons. The van der Waals surface area contributed by atoms with Crippen molar-refractivity contribution in [2.75, 3.05) is 26.2 Å². The molecule has 2 aliphatic rings. The molecule has 1 saturated heterocycles. The summed E-state index contributed by atoms with van der Waals surface area (Å²) in [4.78, 5) is 2.44. The van der Waals surface area contributed by atoms with Crippen molar-refractivity contribution in [3.8, 4) is 11.5 Å². The van der Waals surface area contributed by atoms with Gasteiger partial charge in [-0.05, 0) is 55.1 Å². The number of benzene rings is 2. The molecule has 0 saturated carbocycles. The summed E-state index contributed by atoms with van der Waals surface area (Å²) in [7, 11) is 0. The van der Waals surface area contributed by atoms with Crippen molar-refractivity contribution in [1.29, 1.82) is 0 Å². The quantitative estimate of drug-likeness (QED) is 0.855. The fourth-order valence-corrected chi connectivity index (χ4v) is 3.67. The summed E-state index contributed by atoms with van der Waals surface area (Å²) in [5, 5.41) is 0. The van der Waals surface area contributed by atoms with E-state index in [-0.39, 0.29) is 11.9 Å². The molecule has 4 rings (SSSR count). The molecule has 1 unspecified atom stereocenters. The minimum Gasteiger partial charge on any atom is -0.486 e. The highest BCUT2D eigenvalue weighted by atomic mass is 19.1. The molecule has 0 aliphatic carbocycles. The Kier molecular flexibility index (Phi) is 4.39. The second-order valence-electron chi connectivity index (χ2n) is 6.65. The third-order valence-electron chi connectivity index (χ3n) is 4.88. The van der Waals surface area contributed by atoms with E-state index in [1.54, 1.807) is 12.1 Å². The fraction of sp³-hybridized carbons (Fsp3) is 0.400. The lowest BCUT2D eigenvalue weighted by molar-refractivity contribution is 0.0505. The third kappa shape index (κ3) is 3.39. The maximum absolute atomic E-state index is 13.1. The first kappa shape index (κ1) is 15.5. The monoisotopic (exact) mass is 327 g/mol. The lowest BCUT2D eigenvalue weighted by atomic mass is 9.90. The summed E-state index contributed by atoms with van der Waals surface area (Å²) in [6, 6.07) is 14.8. The molecular weight excluding hydrogens is 305 g/mol. The second-order valence-corrected chi connectivity index (χ2v) is 6.65. The molecule has 24 heavy (non-hydrogen) atoms. The van der Waals surface area contributed by atoms with E-state index >= 15 is 0 Å². The molecule has 2 atom stereocenters. The molecule has 1 fully saturated rings. The largest absolute Gasteiger partial charge is 0.486 e. The van der Waals surface area contributed by atoms with Crippen LogP contribution in [0.25, 0.3) is 0 Å². The number of piperidine rings is 1. The SMILES string of the molecule is Fc1ccc(C2CCCN(C[C@H]3COc4ccccc4O3)C2)cc1. The first-order valence-electron chi connectivity index (χ1n) is 8.64. The van der Waals surface area contributed by atoms with Gasteiger partial charge in [-0.25, -0.2) is 4.39 Å². The van der Waals surface area contributed by atoms with Gasteiger partial charge in [0.1, 0.15) is 18.5 Å². The van der Waals surface area contributed by atoms with Crippen molar-refractivity contribution in [3.05, 3.63) is 59.9 Å². The van der Waals surface area contributed by atoms with Crippen LogP contribution in [0, 0.1) is 5.82 Å². The number of halogens is 1. The van der Waals surface area contributed by atoms with Gasteiger partial charge in [-0.3, -0.25) is 4.90 Å². The van der Waals surface area contributed by atoms with E-state index < -0.39 is 0 Å². The maximum atomic E-state index is 13.1. The molecule has 0 spiro atoms. The van der Waals surface area contributed by atoms with Gasteiger partial charge in [0.25, 0.3) is 0 Å². The Labute approximate surface area is 142 Å². The molecule has 2 aromatic carbocycles. The maximum Gasteiger partial charge on any atom is 0.161 e. The first-order chi connectivity index (χ1) is 11.8. The van der Waals surface area contributed by atoms with Gasteiger partial charge < -0.3 is 9.47 Å². The minimum atomic E-state index is -0.169. The van der Waals surface area contributed by atoms with E-state index in [9.17, 15) is 4.39 Å². The van der Waals surface area contributed by atoms with Gasteiger partial charge in [0, 0.05) is 13.1 Å². The zero-order chi connectivity index (χ0) is 16.4. The van der Waals surface area contributed by atoms with Gasteiger partial charge in [0.05, 0.1) is 0 Å². The number of hydrogen-bond donors (Lipinski definition) is 0. The van der Waals surface area contributed by atoms with Crippen LogP contribution >= 0.6 is 0 Å². The Hall–Kier alpha value is -2.07. The molecule has 0 amide bonds. The average Bonchev–Trinajstić information content (AvgIpc) is 2.62. The summed E-state index contributed by atoms with van der Waals surface area (Å²) >= 11 is 0. The lowest BCUT2D eigenvalue weighted by Crippen LogP contribution is -2.44. The van der Waals surface area contributed by atoms with Crippen LogP contribution in [-0.2, 0) is 0 Å². The summed E-state index contributed by atoms with van der Waals surface area (Å²) in [6.07, 6.45) is 2.38. The molecule has 0 radical (unpaired) electrons. The molecule has 2 aliphatic heterocycles. The van der Waals surface area contributed by atoms with Crippen LogP contribution < -0.4 is 9.47 Å². The number of hydrogen-bond acceptors (Lipinski definition) is 3. The van der Waals surface area contributed by atoms with E-state index in [4.69, 9.17) is 9.47 Å². The van der Waals surface area contributed by atoms with Crippen LogP contribution in [0.5, 0.6) is 11.5 Å². The van der Waals surface area contributed by atoms with Gasteiger partial charge in [-0.1, -0.05) is 24.3 Å². The van der Waals surface area contributed by atoms with Crippen molar-refractivity contribution < 1.29 is 13.9 Å². The second kappa shape index (κ2) is 6.81. The highest BCUT2D eigenvalue weighted by molar-refractivity contribution is 5.40. The van der Waals surface area contributed by atoms with Crippen LogP contribution in [0.1, 0.15) is 24.3 Å². The number of para-hydroxylation sites is 2. The van der Waals surface area contributed by atoms with Gasteiger partial charge in [-0.2, -0.15) is 0 Å². The number of ether oxygens (including phenoxy) is 2. The van der Waals surface area contributed by atoms with E-state index in [0.29, 0.717) is 12.5 Å². The lowest BCUT2D eigenvalue weighted by Gasteiger charge is -2.36. The fourth-order valence-electron chi connectivity index (χ4n) is 3.67. The molecule has 2 heterocycles. The molecule has 3 nitrogen and oxygen atoms in total. The summed E-state index contributed by atoms with van der Waals surface area (Å²) in [6.45, 7) is 3.53. The van der Waals surface area contributed by atoms with Crippen LogP contribution in [-0.4, -0.2) is 37.2 Å². The highest BCUT2D eigenvalue weighted by Crippen LogP contribution is 2.32. The topological polar surface area (TPSA) is 21.7 Å². The number of likely N-dealkylation sites (tertiary alicyclic amines) is 1. The normalized spacial score (nSPS) is 23.9. The van der Waals surface area contributed by atoms with E-state index in [1.165, 1.54) is 5.56 Å². The molecule has 0 aromatic heterocycles. The van der Waals surface area contributed by atoms with Crippen LogP contribution in [0.15, 0.2) is 48.5 Å². The number of fused-ring (bicyclic) bond motifs is 1. The van der Waals surface area contributed by atoms with Gasteiger partial charge in [0.2, 0.25) is 0 Å². The van der Waals surface area contributed by atoms with Crippen molar-refractivity contribution in [2.24, 2.45) is 0 Å². The standard InChI is InChI=1S/C20H22FNO2/c21-17-9-7-15(8-10-17)16-4-3-11-22(12-16)13-18-14-23-19-5-1-2-6-20(19)24-18/h1-2,5-10,16,18H,3-4,11-14H2/t16?,18-/m0/s1. The molecule has 2 aromatic rings. The molecular formula is C20H22FNO2. The van der Waals surface area contributed by atoms with Crippen molar-refractivity contribution >= 4 is 0 Å². The van der Waals surface area contributed by atoms with Crippen LogP contribution in [0.4, 0.5) is 4.39 Å². The first-order valence-corrected chi connectivity index (χ1v) is 8.64. The van der Waals surface area contributed by atoms with E-state index in [0.717, 1.165) is 44.0 Å². The van der Waals surface area contributed by atoms with Gasteiger partial charge in [0.15, 0.2) is 11.5 Å². The molecule has 0 N–H and O–H groups in total. The van der Waals surface area contributed by atoms with Crippen LogP contribution in [0.2, 0.25) is 0 Å². The van der Waals surface area contributed by atoms with Crippen LogP contribution in [0.3, 0.4) is 0 Å². The molecule has 4 heteroatoms. The third-order valence-corrected chi connectivity index (χ3v) is 4.88. The number of nitrogens with zero attached hydrogens (tertiary/aromatic N) is 1. The average molecular weight is 327 g/mol. The summed E-state index contributed by atoms with van der Waals surface area (Å²) in [5.74, 6) is 1.96. The number of rotatable bonds is 3. The Morgan fingerprint density at radius 2 is 1.83 bits per heavy atom. The zero-order valence-corrected chi connectivity index (χ0v) is 13.7. The Bertz CT molecular complexity index is 688. The van der Waals surface area contributed by atoms with Gasteiger partial charge in [-0.15, -0.1) is 0 Å². The van der Waals surface area contributed by atoms with Crippen molar-refractivity contribution in [1.82, 2.24) is 4.90 Å². The predicted molar refractivity (Wildman–Crippen MR) is 91.2 cm³/mol. The Balaban J connectivity index is 1.38. The summed E-state index contributed by atoms with van der Waals surface area (Å²) < 4.78 is 25.0.